The van der Waals surface area contributed by atoms with E-state index in [1.165, 1.54) is 12.6 Å². The highest BCUT2D eigenvalue weighted by Crippen LogP contribution is 2.27. The number of carbonyl (C=O) groups excluding carboxylic acids is 1. The van der Waals surface area contributed by atoms with Gasteiger partial charge in [-0.1, -0.05) is 62.9 Å². The van der Waals surface area contributed by atoms with Crippen molar-refractivity contribution in [2.45, 2.75) is 64.8 Å². The summed E-state index contributed by atoms with van der Waals surface area (Å²) in [5, 5.41) is 14.0. The number of hydrogen-bond acceptors (Lipinski definition) is 5. The number of aromatic nitrogens is 4. The molecule has 1 N–H and O–H groups in total. The average molecular weight is 447 g/mol. The molecule has 2 heterocycles. The number of pyridine rings is 1. The summed E-state index contributed by atoms with van der Waals surface area (Å²) in [6.45, 7) is 2.65. The first kappa shape index (κ1) is 22.8. The molecule has 1 aliphatic carbocycles. The molecule has 0 aliphatic heterocycles. The van der Waals surface area contributed by atoms with E-state index in [2.05, 4.69) is 22.0 Å². The van der Waals surface area contributed by atoms with Crippen molar-refractivity contribution < 1.29 is 14.7 Å². The van der Waals surface area contributed by atoms with Crippen LogP contribution in [0.1, 0.15) is 84.4 Å². The minimum absolute atomic E-state index is 0.0363. The van der Waals surface area contributed by atoms with Crippen molar-refractivity contribution in [3.8, 4) is 11.1 Å². The van der Waals surface area contributed by atoms with Gasteiger partial charge in [0, 0.05) is 24.1 Å². The standard InChI is InChI=1S/C26H30N4O3/c1-2-3-11-22-28-25(24(31)20-8-5-4-6-9-20)29-30(22)17-18-12-14-19(15-13-18)21-10-7-16-27-23(21)26(32)33/h7,10,12-16,20H,2-6,8-9,11,17H2,1H3,(H,32,33). The second-order valence-corrected chi connectivity index (χ2v) is 8.71. The van der Waals surface area contributed by atoms with Gasteiger partial charge in [-0.25, -0.2) is 19.4 Å². The highest BCUT2D eigenvalue weighted by molar-refractivity contribution is 5.94. The van der Waals surface area contributed by atoms with Crippen LogP contribution >= 0.6 is 0 Å². The molecule has 1 aromatic carbocycles. The van der Waals surface area contributed by atoms with Crippen molar-refractivity contribution in [2.24, 2.45) is 5.92 Å². The molecule has 172 valence electrons. The fraction of sp³-hybridized carbons (Fsp3) is 0.423. The molecule has 0 atom stereocenters. The number of rotatable bonds is 9. The molecule has 4 rings (SSSR count). The van der Waals surface area contributed by atoms with Crippen molar-refractivity contribution in [2.75, 3.05) is 0 Å². The van der Waals surface area contributed by atoms with Crippen molar-refractivity contribution >= 4 is 11.8 Å². The molecule has 7 heteroatoms. The Morgan fingerprint density at radius 2 is 1.85 bits per heavy atom. The Hall–Kier alpha value is -3.35. The molecule has 1 aliphatic rings. The Balaban J connectivity index is 1.56. The number of Topliss-reactive ketones (excluding diaryl/α,β-unsaturated/α-hetero) is 1. The lowest BCUT2D eigenvalue weighted by atomic mass is 9.86. The number of aromatic carboxylic acids is 1. The number of aryl methyl sites for hydroxylation is 1. The number of ketones is 1. The van der Waals surface area contributed by atoms with Crippen LogP contribution in [-0.4, -0.2) is 36.6 Å². The molecule has 33 heavy (non-hydrogen) atoms. The van der Waals surface area contributed by atoms with Crippen LogP contribution in [0.3, 0.4) is 0 Å². The molecule has 1 saturated carbocycles. The van der Waals surface area contributed by atoms with Crippen LogP contribution in [0.2, 0.25) is 0 Å². The Kier molecular flexibility index (Phi) is 7.27. The smallest absolute Gasteiger partial charge is 0.355 e. The molecular weight excluding hydrogens is 416 g/mol. The maximum Gasteiger partial charge on any atom is 0.355 e. The van der Waals surface area contributed by atoms with Crippen molar-refractivity contribution in [3.05, 3.63) is 65.5 Å². The van der Waals surface area contributed by atoms with Crippen molar-refractivity contribution in [3.63, 3.8) is 0 Å². The maximum absolute atomic E-state index is 13.0. The van der Waals surface area contributed by atoms with Crippen LogP contribution < -0.4 is 0 Å². The van der Waals surface area contributed by atoms with Gasteiger partial charge in [-0.3, -0.25) is 4.79 Å². The van der Waals surface area contributed by atoms with E-state index in [9.17, 15) is 14.7 Å². The highest BCUT2D eigenvalue weighted by atomic mass is 16.4. The molecule has 0 amide bonds. The van der Waals surface area contributed by atoms with E-state index in [1.807, 2.05) is 28.9 Å². The van der Waals surface area contributed by atoms with Gasteiger partial charge in [0.05, 0.1) is 6.54 Å². The summed E-state index contributed by atoms with van der Waals surface area (Å²) in [6.07, 6.45) is 9.60. The number of carbonyl (C=O) groups is 2. The first-order chi connectivity index (χ1) is 16.1. The van der Waals surface area contributed by atoms with Crippen LogP contribution in [0.25, 0.3) is 11.1 Å². The molecule has 1 fully saturated rings. The Morgan fingerprint density at radius 3 is 2.55 bits per heavy atom. The van der Waals surface area contributed by atoms with E-state index in [0.717, 1.165) is 61.9 Å². The van der Waals surface area contributed by atoms with Gasteiger partial charge in [-0.2, -0.15) is 0 Å². The van der Waals surface area contributed by atoms with Gasteiger partial charge >= 0.3 is 5.97 Å². The van der Waals surface area contributed by atoms with Crippen LogP contribution in [0.4, 0.5) is 0 Å². The summed E-state index contributed by atoms with van der Waals surface area (Å²) in [6, 6.07) is 11.2. The summed E-state index contributed by atoms with van der Waals surface area (Å²) in [7, 11) is 0. The molecule has 0 unspecified atom stereocenters. The third kappa shape index (κ3) is 5.35. The van der Waals surface area contributed by atoms with E-state index < -0.39 is 5.97 Å². The van der Waals surface area contributed by atoms with E-state index >= 15 is 0 Å². The van der Waals surface area contributed by atoms with Crippen LogP contribution in [0, 0.1) is 5.92 Å². The summed E-state index contributed by atoms with van der Waals surface area (Å²) >= 11 is 0. The van der Waals surface area contributed by atoms with Crippen molar-refractivity contribution in [1.82, 2.24) is 19.7 Å². The molecular formula is C26H30N4O3. The molecule has 7 nitrogen and oxygen atoms in total. The van der Waals surface area contributed by atoms with E-state index in [0.29, 0.717) is 17.9 Å². The lowest BCUT2D eigenvalue weighted by Crippen LogP contribution is -2.19. The average Bonchev–Trinajstić information content (AvgIpc) is 3.25. The summed E-state index contributed by atoms with van der Waals surface area (Å²) in [5.74, 6) is 0.287. The van der Waals surface area contributed by atoms with Gasteiger partial charge in [0.1, 0.15) is 5.82 Å². The minimum atomic E-state index is -1.05. The number of carboxylic acids is 1. The molecule has 0 spiro atoms. The molecule has 2 aromatic heterocycles. The SMILES string of the molecule is CCCCc1nc(C(=O)C2CCCCC2)nn1Cc1ccc(-c2cccnc2C(=O)O)cc1. The van der Waals surface area contributed by atoms with E-state index in [1.54, 1.807) is 12.1 Å². The van der Waals surface area contributed by atoms with Crippen molar-refractivity contribution in [1.29, 1.82) is 0 Å². The van der Waals surface area contributed by atoms with Gasteiger partial charge in [0.2, 0.25) is 11.6 Å². The number of benzene rings is 1. The number of carboxylic acid groups (broad SMARTS) is 1. The zero-order chi connectivity index (χ0) is 23.2. The first-order valence-corrected chi connectivity index (χ1v) is 11.8. The van der Waals surface area contributed by atoms with Crippen LogP contribution in [0.5, 0.6) is 0 Å². The minimum Gasteiger partial charge on any atom is -0.476 e. The molecule has 3 aromatic rings. The summed E-state index contributed by atoms with van der Waals surface area (Å²) < 4.78 is 1.85. The van der Waals surface area contributed by atoms with Gasteiger partial charge in [0.15, 0.2) is 5.69 Å². The Bertz CT molecular complexity index is 1110. The van der Waals surface area contributed by atoms with Crippen LogP contribution in [-0.2, 0) is 13.0 Å². The molecule has 0 bridgehead atoms. The Labute approximate surface area is 193 Å². The summed E-state index contributed by atoms with van der Waals surface area (Å²) in [4.78, 5) is 33.1. The van der Waals surface area contributed by atoms with Gasteiger partial charge in [-0.15, -0.1) is 5.10 Å². The number of unbranched alkanes of at least 4 members (excludes halogenated alkanes) is 1. The topological polar surface area (TPSA) is 98.0 Å². The second kappa shape index (κ2) is 10.5. The number of nitrogens with zero attached hydrogens (tertiary/aromatic N) is 4. The first-order valence-electron chi connectivity index (χ1n) is 11.8. The normalized spacial score (nSPS) is 14.3. The van der Waals surface area contributed by atoms with Gasteiger partial charge in [-0.05, 0) is 36.5 Å². The van der Waals surface area contributed by atoms with E-state index in [-0.39, 0.29) is 17.4 Å². The van der Waals surface area contributed by atoms with Crippen LogP contribution in [0.15, 0.2) is 42.6 Å². The summed E-state index contributed by atoms with van der Waals surface area (Å²) in [5.41, 5.74) is 2.43. The van der Waals surface area contributed by atoms with Gasteiger partial charge in [0.25, 0.3) is 0 Å². The second-order valence-electron chi connectivity index (χ2n) is 8.71. The van der Waals surface area contributed by atoms with E-state index in [4.69, 9.17) is 0 Å². The molecule has 0 radical (unpaired) electrons. The van der Waals surface area contributed by atoms with Gasteiger partial charge < -0.3 is 5.11 Å². The monoisotopic (exact) mass is 446 g/mol. The maximum atomic E-state index is 13.0. The Morgan fingerprint density at radius 1 is 1.09 bits per heavy atom. The number of hydrogen-bond donors (Lipinski definition) is 1. The fourth-order valence-corrected chi connectivity index (χ4v) is 4.44. The zero-order valence-corrected chi connectivity index (χ0v) is 19.0. The quantitative estimate of drug-likeness (QED) is 0.454. The lowest BCUT2D eigenvalue weighted by Gasteiger charge is -2.18. The largest absolute Gasteiger partial charge is 0.476 e. The predicted molar refractivity (Wildman–Crippen MR) is 125 cm³/mol. The lowest BCUT2D eigenvalue weighted by molar-refractivity contribution is 0.0691. The molecule has 0 saturated heterocycles. The highest BCUT2D eigenvalue weighted by Gasteiger charge is 2.26. The third-order valence-electron chi connectivity index (χ3n) is 6.31. The predicted octanol–water partition coefficient (Wildman–Crippen LogP) is 5.19. The fourth-order valence-electron chi connectivity index (χ4n) is 4.44. The third-order valence-corrected chi connectivity index (χ3v) is 6.31. The zero-order valence-electron chi connectivity index (χ0n) is 19.0.